The first-order valence-corrected chi connectivity index (χ1v) is 9.18. The van der Waals surface area contributed by atoms with Crippen LogP contribution in [0.25, 0.3) is 0 Å². The Morgan fingerprint density at radius 3 is 2.50 bits per heavy atom. The Hall–Kier alpha value is 0.167. The molecule has 0 amide bonds. The summed E-state index contributed by atoms with van der Waals surface area (Å²) in [6.45, 7) is 4.35. The summed E-state index contributed by atoms with van der Waals surface area (Å²) in [6.07, 6.45) is 0. The molecule has 0 aliphatic heterocycles. The zero-order valence-corrected chi connectivity index (χ0v) is 9.89. The van der Waals surface area contributed by atoms with E-state index in [0.717, 1.165) is 0 Å². The molecule has 0 atom stereocenters. The highest BCUT2D eigenvalue weighted by Crippen LogP contribution is 1.99. The second kappa shape index (κ2) is 3.53. The molecule has 54 valence electrons. The topological polar surface area (TPSA) is 0 Å². The summed E-state index contributed by atoms with van der Waals surface area (Å²) >= 11 is 2.53. The van der Waals surface area contributed by atoms with E-state index in [-0.39, 0.29) is 7.02 Å². The Kier molecular flexibility index (Phi) is 2.91. The van der Waals surface area contributed by atoms with Gasteiger partial charge in [0, 0.05) is 0 Å². The Balaban J connectivity index is 3.07. The van der Waals surface area contributed by atoms with Gasteiger partial charge in [0.15, 0.2) is 0 Å². The van der Waals surface area contributed by atoms with Crippen molar-refractivity contribution in [1.82, 2.24) is 0 Å². The third kappa shape index (κ3) is 1.82. The first-order valence-electron chi connectivity index (χ1n) is 3.36. The van der Waals surface area contributed by atoms with Crippen molar-refractivity contribution < 1.29 is 0 Å². The van der Waals surface area contributed by atoms with Gasteiger partial charge >= 0.3 is 0 Å². The van der Waals surface area contributed by atoms with Crippen molar-refractivity contribution >= 4 is 34.0 Å². The van der Waals surface area contributed by atoms with Gasteiger partial charge in [0.2, 0.25) is 0 Å². The molecule has 0 heterocycles. The van der Waals surface area contributed by atoms with Crippen LogP contribution >= 0.6 is 21.8 Å². The van der Waals surface area contributed by atoms with Gasteiger partial charge in [0.05, 0.1) is 0 Å². The summed E-state index contributed by atoms with van der Waals surface area (Å²) in [5, 5.41) is 1.59. The van der Waals surface area contributed by atoms with Crippen LogP contribution in [-0.2, 0) is 0 Å². The molecule has 0 spiro atoms. The zero-order chi connectivity index (χ0) is 7.56. The molecule has 0 bridgehead atoms. The van der Waals surface area contributed by atoms with Crippen molar-refractivity contribution in [1.29, 1.82) is 0 Å². The molecular formula is C8H11ISi. The fraction of sp³-hybridized carbons (Fsp3) is 0.250. The predicted octanol–water partition coefficient (Wildman–Crippen LogP) is 1.45. The van der Waals surface area contributed by atoms with E-state index in [9.17, 15) is 0 Å². The molecule has 0 unspecified atom stereocenters. The molecular weight excluding hydrogens is 251 g/mol. The number of benzene rings is 1. The molecule has 0 N–H and O–H groups in total. The normalized spacial score (nSPS) is 11.1. The van der Waals surface area contributed by atoms with E-state index in [1.54, 1.807) is 5.19 Å². The van der Waals surface area contributed by atoms with Gasteiger partial charge in [-0.2, -0.15) is 0 Å². The fourth-order valence-corrected chi connectivity index (χ4v) is 4.08. The van der Waals surface area contributed by atoms with Crippen LogP contribution in [0.4, 0.5) is 0 Å². The highest BCUT2D eigenvalue weighted by atomic mass is 127. The summed E-state index contributed by atoms with van der Waals surface area (Å²) in [4.78, 5) is 0. The fourth-order valence-electron chi connectivity index (χ4n) is 0.996. The first-order chi connectivity index (χ1) is 4.74. The van der Waals surface area contributed by atoms with Crippen LogP contribution in [0.1, 0.15) is 11.1 Å². The first kappa shape index (κ1) is 8.27. The molecule has 1 aromatic carbocycles. The van der Waals surface area contributed by atoms with Crippen LogP contribution in [0.3, 0.4) is 0 Å². The van der Waals surface area contributed by atoms with Gasteiger partial charge in [-0.3, -0.25) is 0 Å². The van der Waals surface area contributed by atoms with Crippen LogP contribution in [0.2, 0.25) is 0 Å². The monoisotopic (exact) mass is 262 g/mol. The quantitative estimate of drug-likeness (QED) is 0.408. The Morgan fingerprint density at radius 1 is 1.30 bits per heavy atom. The standard InChI is InChI=1S/C8H11ISi/c1-6-3-4-8(10-9)7(2)5-6/h3-5H,10H2,1-2H3. The SMILES string of the molecule is Cc1ccc([SiH2]I)c(C)c1. The summed E-state index contributed by atoms with van der Waals surface area (Å²) in [6, 6.07) is 6.73. The van der Waals surface area contributed by atoms with E-state index in [0.29, 0.717) is 0 Å². The van der Waals surface area contributed by atoms with Gasteiger partial charge in [-0.05, 0) is 13.8 Å². The Bertz CT molecular complexity index is 233. The van der Waals surface area contributed by atoms with E-state index < -0.39 is 0 Å². The molecule has 0 saturated carbocycles. The Labute approximate surface area is 77.1 Å². The number of hydrogen-bond acceptors (Lipinski definition) is 0. The summed E-state index contributed by atoms with van der Waals surface area (Å²) < 4.78 is 0. The van der Waals surface area contributed by atoms with Gasteiger partial charge in [0.1, 0.15) is 7.02 Å². The van der Waals surface area contributed by atoms with Crippen LogP contribution in [0.15, 0.2) is 18.2 Å². The summed E-state index contributed by atoms with van der Waals surface area (Å²) in [5.74, 6) is 0. The second-order valence-corrected chi connectivity index (χ2v) is 5.88. The van der Waals surface area contributed by atoms with Gasteiger partial charge in [-0.1, -0.05) is 34.5 Å². The molecule has 0 saturated heterocycles. The maximum atomic E-state index is 2.53. The largest absolute Gasteiger partial charge is 0.125 e. The van der Waals surface area contributed by atoms with Crippen molar-refractivity contribution in [2.45, 2.75) is 13.8 Å². The number of halogens is 1. The lowest BCUT2D eigenvalue weighted by Gasteiger charge is -2.01. The second-order valence-electron chi connectivity index (χ2n) is 2.56. The lowest BCUT2D eigenvalue weighted by atomic mass is 10.2. The molecule has 0 aliphatic rings. The van der Waals surface area contributed by atoms with E-state index in [1.165, 1.54) is 11.1 Å². The van der Waals surface area contributed by atoms with E-state index >= 15 is 0 Å². The predicted molar refractivity (Wildman–Crippen MR) is 58.1 cm³/mol. The maximum Gasteiger partial charge on any atom is 0.125 e. The van der Waals surface area contributed by atoms with Gasteiger partial charge in [-0.15, -0.1) is 21.8 Å². The average molecular weight is 262 g/mol. The highest BCUT2D eigenvalue weighted by molar-refractivity contribution is 14.1. The summed E-state index contributed by atoms with van der Waals surface area (Å²) in [5.41, 5.74) is 2.85. The van der Waals surface area contributed by atoms with Crippen molar-refractivity contribution in [3.05, 3.63) is 29.3 Å². The number of rotatable bonds is 1. The van der Waals surface area contributed by atoms with Crippen LogP contribution in [-0.4, -0.2) is 7.02 Å². The third-order valence-corrected chi connectivity index (χ3v) is 5.19. The molecule has 0 radical (unpaired) electrons. The average Bonchev–Trinajstić information content (AvgIpc) is 1.88. The molecule has 0 aromatic heterocycles. The molecule has 2 heteroatoms. The van der Waals surface area contributed by atoms with E-state index in [4.69, 9.17) is 0 Å². The molecule has 0 fully saturated rings. The molecule has 0 aliphatic carbocycles. The minimum atomic E-state index is 0.0163. The minimum absolute atomic E-state index is 0.0163. The van der Waals surface area contributed by atoms with Crippen molar-refractivity contribution in [3.63, 3.8) is 0 Å². The van der Waals surface area contributed by atoms with Gasteiger partial charge in [0.25, 0.3) is 0 Å². The third-order valence-electron chi connectivity index (χ3n) is 1.64. The van der Waals surface area contributed by atoms with Crippen molar-refractivity contribution in [2.24, 2.45) is 0 Å². The van der Waals surface area contributed by atoms with Crippen molar-refractivity contribution in [3.8, 4) is 0 Å². The lowest BCUT2D eigenvalue weighted by molar-refractivity contribution is 1.41. The summed E-state index contributed by atoms with van der Waals surface area (Å²) in [7, 11) is 0.0163. The molecule has 1 aromatic rings. The van der Waals surface area contributed by atoms with E-state index in [1.807, 2.05) is 0 Å². The van der Waals surface area contributed by atoms with Crippen molar-refractivity contribution in [2.75, 3.05) is 0 Å². The lowest BCUT2D eigenvalue weighted by Crippen LogP contribution is -2.11. The zero-order valence-electron chi connectivity index (χ0n) is 6.32. The van der Waals surface area contributed by atoms with Gasteiger partial charge < -0.3 is 0 Å². The van der Waals surface area contributed by atoms with E-state index in [2.05, 4.69) is 53.8 Å². The van der Waals surface area contributed by atoms with Gasteiger partial charge in [-0.25, -0.2) is 0 Å². The molecule has 10 heavy (non-hydrogen) atoms. The van der Waals surface area contributed by atoms with Crippen LogP contribution in [0.5, 0.6) is 0 Å². The molecule has 0 nitrogen and oxygen atoms in total. The maximum absolute atomic E-state index is 2.53. The number of aryl methyl sites for hydroxylation is 2. The number of hydrogen-bond donors (Lipinski definition) is 0. The molecule has 1 rings (SSSR count). The van der Waals surface area contributed by atoms with Crippen LogP contribution < -0.4 is 5.19 Å². The smallest absolute Gasteiger partial charge is 0.122 e. The Morgan fingerprint density at radius 2 is 2.00 bits per heavy atom. The minimum Gasteiger partial charge on any atom is -0.122 e. The van der Waals surface area contributed by atoms with Crippen LogP contribution in [0, 0.1) is 13.8 Å². The highest BCUT2D eigenvalue weighted by Gasteiger charge is 1.94.